The number of carbonyl (C=O) groups excluding carboxylic acids is 1. The van der Waals surface area contributed by atoms with Gasteiger partial charge in [0, 0.05) is 24.7 Å². The molecule has 0 bridgehead atoms. The Kier molecular flexibility index (Phi) is 11.8. The van der Waals surface area contributed by atoms with Crippen LogP contribution in [0.15, 0.2) is 78.9 Å². The number of alkyl halides is 1. The van der Waals surface area contributed by atoms with Crippen LogP contribution in [0.1, 0.15) is 24.3 Å². The van der Waals surface area contributed by atoms with Gasteiger partial charge in [0.1, 0.15) is 0 Å². The Bertz CT molecular complexity index is 1180. The Morgan fingerprint density at radius 3 is 2.50 bits per heavy atom. The van der Waals surface area contributed by atoms with Gasteiger partial charge in [-0.05, 0) is 43.7 Å². The first-order chi connectivity index (χ1) is 17.5. The summed E-state index contributed by atoms with van der Waals surface area (Å²) >= 11 is 5.64. The Labute approximate surface area is 217 Å². The number of anilines is 2. The molecule has 0 spiro atoms. The number of rotatable bonds is 10. The van der Waals surface area contributed by atoms with Gasteiger partial charge in [-0.2, -0.15) is 5.10 Å². The first-order valence-corrected chi connectivity index (χ1v) is 11.8. The number of hydrogen-bond acceptors (Lipinski definition) is 4. The third-order valence-corrected chi connectivity index (χ3v) is 5.14. The van der Waals surface area contributed by atoms with Crippen molar-refractivity contribution in [1.82, 2.24) is 9.78 Å². The quantitative estimate of drug-likeness (QED) is 0.177. The fraction of sp³-hybridized carbons (Fsp3) is 0.214. The maximum Gasteiger partial charge on any atom is 0.323 e. The molecular weight excluding hydrogens is 476 g/mol. The number of halogens is 1. The van der Waals surface area contributed by atoms with Gasteiger partial charge in [0.15, 0.2) is 5.75 Å². The Hall–Kier alpha value is -3.99. The van der Waals surface area contributed by atoms with E-state index in [1.54, 1.807) is 23.9 Å². The van der Waals surface area contributed by atoms with Crippen LogP contribution >= 0.6 is 11.6 Å². The molecule has 3 rings (SSSR count). The molecule has 0 saturated carbocycles. The second-order valence-electron chi connectivity index (χ2n) is 7.49. The van der Waals surface area contributed by atoms with Crippen LogP contribution in [0.25, 0.3) is 0 Å². The van der Waals surface area contributed by atoms with E-state index in [9.17, 15) is 4.79 Å². The zero-order valence-corrected chi connectivity index (χ0v) is 21.4. The zero-order valence-electron chi connectivity index (χ0n) is 20.6. The highest BCUT2D eigenvalue weighted by molar-refractivity contribution is 6.18. The van der Waals surface area contributed by atoms with Crippen molar-refractivity contribution in [1.29, 1.82) is 0 Å². The summed E-state index contributed by atoms with van der Waals surface area (Å²) in [6, 6.07) is 16.2. The summed E-state index contributed by atoms with van der Waals surface area (Å²) in [7, 11) is 1.66. The van der Waals surface area contributed by atoms with Gasteiger partial charge in [-0.1, -0.05) is 48.6 Å². The third-order valence-electron chi connectivity index (χ3n) is 4.96. The molecule has 2 aromatic carbocycles. The fourth-order valence-corrected chi connectivity index (χ4v) is 3.24. The van der Waals surface area contributed by atoms with E-state index in [4.69, 9.17) is 21.1 Å². The van der Waals surface area contributed by atoms with Crippen LogP contribution in [0, 0.1) is 19.8 Å². The van der Waals surface area contributed by atoms with E-state index in [1.165, 1.54) is 0 Å². The number of hydrogen-bond donors (Lipinski definition) is 2. The number of nitrogens with one attached hydrogen (secondary N) is 2. The number of nitrogens with zero attached hydrogens (tertiary/aromatic N) is 2. The molecule has 2 amide bonds. The van der Waals surface area contributed by atoms with Gasteiger partial charge in [-0.25, -0.2) is 9.48 Å². The summed E-state index contributed by atoms with van der Waals surface area (Å²) in [4.78, 5) is 12.6. The van der Waals surface area contributed by atoms with Crippen molar-refractivity contribution in [3.8, 4) is 24.5 Å². The van der Waals surface area contributed by atoms with Crippen molar-refractivity contribution in [2.24, 2.45) is 0 Å². The number of aryl methyl sites for hydroxylation is 1. The first-order valence-electron chi connectivity index (χ1n) is 11.2. The number of para-hydroxylation sites is 2. The average molecular weight is 507 g/mol. The van der Waals surface area contributed by atoms with Crippen molar-refractivity contribution in [3.63, 3.8) is 0 Å². The molecule has 3 aromatic rings. The van der Waals surface area contributed by atoms with E-state index < -0.39 is 0 Å². The van der Waals surface area contributed by atoms with E-state index in [1.807, 2.05) is 80.6 Å². The minimum Gasteiger partial charge on any atom is -0.437 e. The predicted molar refractivity (Wildman–Crippen MR) is 147 cm³/mol. The summed E-state index contributed by atoms with van der Waals surface area (Å²) in [6.07, 6.45) is 15.6. The average Bonchev–Trinajstić information content (AvgIpc) is 3.24. The number of urea groups is 1. The standard InChI is InChI=1S/C26H29ClN4O3.C2H2/c1-19-18-25(31(30-19)17-9-5-4-8-16-27)34-24-11-7-6-10-23(24)29-26(32)28-22-14-12-21(13-15-22)20(2)33-3;1-2/h4-15,18,20H,16-17H2,1-3H3,(H2,28,29,32);1-2H/b8-4-,9-5-;. The summed E-state index contributed by atoms with van der Waals surface area (Å²) in [5, 5.41) is 10.2. The molecule has 8 heteroatoms. The first kappa shape index (κ1) is 28.2. The summed E-state index contributed by atoms with van der Waals surface area (Å²) in [5.41, 5.74) is 3.07. The Morgan fingerprint density at radius 1 is 1.11 bits per heavy atom. The maximum absolute atomic E-state index is 12.6. The van der Waals surface area contributed by atoms with Crippen molar-refractivity contribution in [3.05, 3.63) is 90.2 Å². The van der Waals surface area contributed by atoms with Gasteiger partial charge in [0.2, 0.25) is 5.88 Å². The molecule has 1 unspecified atom stereocenters. The molecule has 0 aliphatic heterocycles. The number of methoxy groups -OCH3 is 1. The van der Waals surface area contributed by atoms with Crippen LogP contribution in [-0.2, 0) is 11.3 Å². The molecule has 7 nitrogen and oxygen atoms in total. The molecule has 0 aliphatic carbocycles. The smallest absolute Gasteiger partial charge is 0.323 e. The summed E-state index contributed by atoms with van der Waals surface area (Å²) < 4.78 is 13.2. The molecule has 0 saturated heterocycles. The molecule has 1 aromatic heterocycles. The number of aromatic nitrogens is 2. The van der Waals surface area contributed by atoms with Crippen molar-refractivity contribution in [2.45, 2.75) is 26.5 Å². The minimum absolute atomic E-state index is 0.0124. The van der Waals surface area contributed by atoms with Crippen molar-refractivity contribution >= 4 is 29.0 Å². The summed E-state index contributed by atoms with van der Waals surface area (Å²) in [5.74, 6) is 1.55. The molecule has 0 fully saturated rings. The molecule has 1 atom stereocenters. The second kappa shape index (κ2) is 15.1. The molecule has 36 heavy (non-hydrogen) atoms. The van der Waals surface area contributed by atoms with E-state index >= 15 is 0 Å². The third kappa shape index (κ3) is 8.66. The van der Waals surface area contributed by atoms with Gasteiger partial charge in [0.05, 0.1) is 24.0 Å². The van der Waals surface area contributed by atoms with Crippen LogP contribution in [0.3, 0.4) is 0 Å². The van der Waals surface area contributed by atoms with Crippen LogP contribution < -0.4 is 15.4 Å². The second-order valence-corrected chi connectivity index (χ2v) is 7.80. The van der Waals surface area contributed by atoms with E-state index in [2.05, 4.69) is 28.6 Å². The topological polar surface area (TPSA) is 77.4 Å². The summed E-state index contributed by atoms with van der Waals surface area (Å²) in [6.45, 7) is 4.40. The molecule has 188 valence electrons. The maximum atomic E-state index is 12.6. The highest BCUT2D eigenvalue weighted by Crippen LogP contribution is 2.30. The monoisotopic (exact) mass is 506 g/mol. The minimum atomic E-state index is -0.373. The van der Waals surface area contributed by atoms with Gasteiger partial charge in [0.25, 0.3) is 0 Å². The largest absolute Gasteiger partial charge is 0.437 e. The number of amides is 2. The molecular formula is C28H31ClN4O3. The Balaban J connectivity index is 0.00000222. The van der Waals surface area contributed by atoms with Crippen LogP contribution in [-0.4, -0.2) is 28.8 Å². The van der Waals surface area contributed by atoms with Gasteiger partial charge < -0.3 is 20.1 Å². The lowest BCUT2D eigenvalue weighted by molar-refractivity contribution is 0.119. The lowest BCUT2D eigenvalue weighted by atomic mass is 10.1. The lowest BCUT2D eigenvalue weighted by Crippen LogP contribution is -2.19. The molecule has 1 heterocycles. The van der Waals surface area contributed by atoms with Crippen molar-refractivity contribution < 1.29 is 14.3 Å². The zero-order chi connectivity index (χ0) is 26.3. The number of benzene rings is 2. The highest BCUT2D eigenvalue weighted by Gasteiger charge is 2.12. The molecule has 0 radical (unpaired) electrons. The SMILES string of the molecule is C#C.COC(C)c1ccc(NC(=O)Nc2ccccc2Oc2cc(C)nn2C/C=C\C=C/CCl)cc1. The predicted octanol–water partition coefficient (Wildman–Crippen LogP) is 6.94. The van der Waals surface area contributed by atoms with Crippen LogP contribution in [0.5, 0.6) is 11.6 Å². The van der Waals surface area contributed by atoms with E-state index in [0.717, 1.165) is 11.3 Å². The van der Waals surface area contributed by atoms with Crippen molar-refractivity contribution in [2.75, 3.05) is 23.6 Å². The fourth-order valence-electron chi connectivity index (χ4n) is 3.13. The van der Waals surface area contributed by atoms with E-state index in [-0.39, 0.29) is 12.1 Å². The Morgan fingerprint density at radius 2 is 1.81 bits per heavy atom. The lowest BCUT2D eigenvalue weighted by Gasteiger charge is -2.14. The molecule has 2 N–H and O–H groups in total. The highest BCUT2D eigenvalue weighted by atomic mass is 35.5. The molecule has 0 aliphatic rings. The number of terminal acetylenes is 1. The number of allylic oxidation sites excluding steroid dienone is 4. The number of carbonyl (C=O) groups is 1. The van der Waals surface area contributed by atoms with Crippen LogP contribution in [0.2, 0.25) is 0 Å². The van der Waals surface area contributed by atoms with Gasteiger partial charge >= 0.3 is 6.03 Å². The van der Waals surface area contributed by atoms with Gasteiger partial charge in [-0.3, -0.25) is 0 Å². The van der Waals surface area contributed by atoms with E-state index in [0.29, 0.717) is 35.4 Å². The van der Waals surface area contributed by atoms with Gasteiger partial charge in [-0.15, -0.1) is 24.4 Å². The normalized spacial score (nSPS) is 11.6. The number of ether oxygens (including phenoxy) is 2. The van der Waals surface area contributed by atoms with Crippen LogP contribution in [0.4, 0.5) is 16.2 Å².